The molecule has 0 amide bonds. The Morgan fingerprint density at radius 3 is 2.71 bits per heavy atom. The van der Waals surface area contributed by atoms with Gasteiger partial charge in [-0.3, -0.25) is 24.2 Å². The highest BCUT2D eigenvalue weighted by Crippen LogP contribution is 2.47. The molecule has 7 nitrogen and oxygen atoms in total. The van der Waals surface area contributed by atoms with Crippen LogP contribution in [0.3, 0.4) is 0 Å². The van der Waals surface area contributed by atoms with Gasteiger partial charge in [0.05, 0.1) is 48.4 Å². The van der Waals surface area contributed by atoms with Crippen molar-refractivity contribution in [1.82, 2.24) is 19.8 Å². The minimum atomic E-state index is -4.53. The van der Waals surface area contributed by atoms with Crippen LogP contribution in [0, 0.1) is 5.82 Å². The van der Waals surface area contributed by atoms with Crippen molar-refractivity contribution in [2.24, 2.45) is 0 Å². The highest BCUT2D eigenvalue weighted by molar-refractivity contribution is 5.78. The molecule has 0 saturated carbocycles. The molecule has 1 fully saturated rings. The van der Waals surface area contributed by atoms with Gasteiger partial charge in [-0.25, -0.2) is 9.18 Å². The monoisotopic (exact) mass is 539 g/mol. The number of rotatable bonds is 8. The fourth-order valence-corrected chi connectivity index (χ4v) is 5.68. The third-order valence-electron chi connectivity index (χ3n) is 7.76. The molecule has 2 aliphatic rings. The van der Waals surface area contributed by atoms with E-state index in [-0.39, 0.29) is 30.4 Å². The summed E-state index contributed by atoms with van der Waals surface area (Å²) in [6, 6.07) is 3.33. The lowest BCUT2D eigenvalue weighted by molar-refractivity contribution is -0.166. The van der Waals surface area contributed by atoms with Crippen molar-refractivity contribution >= 4 is 16.8 Å². The Balaban J connectivity index is 1.53. The average molecular weight is 540 g/mol. The van der Waals surface area contributed by atoms with Gasteiger partial charge in [-0.05, 0) is 37.8 Å². The summed E-state index contributed by atoms with van der Waals surface area (Å²) < 4.78 is 75.0. The fourth-order valence-electron chi connectivity index (χ4n) is 5.68. The van der Waals surface area contributed by atoms with Crippen LogP contribution in [0.4, 0.5) is 27.6 Å². The van der Waals surface area contributed by atoms with Gasteiger partial charge in [0.2, 0.25) is 0 Å². The molecule has 2 N–H and O–H groups in total. The summed E-state index contributed by atoms with van der Waals surface area (Å²) in [6.45, 7) is 3.88. The Labute approximate surface area is 216 Å². The minimum absolute atomic E-state index is 0.0481. The van der Waals surface area contributed by atoms with Crippen LogP contribution in [0.2, 0.25) is 0 Å². The van der Waals surface area contributed by atoms with Crippen LogP contribution in [-0.2, 0) is 6.42 Å². The number of hydrogen-bond donors (Lipinski definition) is 2. The lowest BCUT2D eigenvalue weighted by Gasteiger charge is -2.50. The van der Waals surface area contributed by atoms with Crippen LogP contribution >= 0.6 is 0 Å². The number of aromatic nitrogens is 2. The summed E-state index contributed by atoms with van der Waals surface area (Å²) in [6.07, 6.45) is -2.12. The summed E-state index contributed by atoms with van der Waals surface area (Å²) in [7, 11) is 0. The third-order valence-corrected chi connectivity index (χ3v) is 7.76. The Kier molecular flexibility index (Phi) is 6.97. The number of halogens is 5. The van der Waals surface area contributed by atoms with E-state index < -0.39 is 35.9 Å². The molecule has 0 radical (unpaired) electrons. The number of oxazole rings is 1. The van der Waals surface area contributed by atoms with Crippen LogP contribution in [-0.4, -0.2) is 70.4 Å². The van der Waals surface area contributed by atoms with Crippen LogP contribution in [0.1, 0.15) is 49.6 Å². The topological polar surface area (TPSA) is 77.4 Å². The molecule has 2 aromatic heterocycles. The Hall–Kier alpha value is -2.99. The number of alkyl halides is 4. The number of fused-ring (bicyclic) bond motifs is 3. The molecule has 2 atom stereocenters. The highest BCUT2D eigenvalue weighted by Gasteiger charge is 2.49. The molecule has 0 bridgehead atoms. The SMILES string of the molecule is CC[C@]1(C)Cc2c(ccc3[nH]c(=O)oc23)[C@@H](c2ncc(NC3CN(CCCF)C3)cc2F)N1CC(F)(F)F. The van der Waals surface area contributed by atoms with Crippen molar-refractivity contribution < 1.29 is 26.4 Å². The minimum Gasteiger partial charge on any atom is -0.408 e. The predicted molar refractivity (Wildman–Crippen MR) is 132 cm³/mol. The summed E-state index contributed by atoms with van der Waals surface area (Å²) in [5.41, 5.74) is 0.970. The second kappa shape index (κ2) is 9.96. The molecular weight excluding hydrogens is 509 g/mol. The summed E-state index contributed by atoms with van der Waals surface area (Å²) >= 11 is 0. The molecule has 2 aliphatic heterocycles. The third kappa shape index (κ3) is 5.03. The lowest BCUT2D eigenvalue weighted by atomic mass is 9.77. The predicted octanol–water partition coefficient (Wildman–Crippen LogP) is 4.79. The van der Waals surface area contributed by atoms with E-state index in [0.29, 0.717) is 54.8 Å². The van der Waals surface area contributed by atoms with Gasteiger partial charge in [-0.2, -0.15) is 13.2 Å². The van der Waals surface area contributed by atoms with E-state index in [1.807, 2.05) is 0 Å². The first-order valence-corrected chi connectivity index (χ1v) is 12.7. The van der Waals surface area contributed by atoms with E-state index in [2.05, 4.69) is 20.2 Å². The Morgan fingerprint density at radius 2 is 2.05 bits per heavy atom. The van der Waals surface area contributed by atoms with Crippen molar-refractivity contribution in [1.29, 1.82) is 0 Å². The standard InChI is InChI=1S/C26H30F5N5O2/c1-3-25(2)10-18-17(5-6-20-23(18)38-24(37)34-20)22(36(25)14-26(29,30)31)21-19(28)9-15(11-32-21)33-16-12-35(13-16)8-4-7-27/h5-6,9,11,16,22,33H,3-4,7-8,10,12-14H2,1-2H3,(H,34,37)/t22-,25+/m0/s1. The average Bonchev–Trinajstić information content (AvgIpc) is 3.21. The van der Waals surface area contributed by atoms with Crippen molar-refractivity contribution in [2.75, 3.05) is 38.2 Å². The fraction of sp³-hybridized carbons (Fsp3) is 0.538. The van der Waals surface area contributed by atoms with Crippen LogP contribution in [0.25, 0.3) is 11.1 Å². The normalized spacial score (nSPS) is 23.0. The molecule has 0 unspecified atom stereocenters. The number of anilines is 1. The van der Waals surface area contributed by atoms with Gasteiger partial charge < -0.3 is 9.73 Å². The van der Waals surface area contributed by atoms with Crippen molar-refractivity contribution in [3.63, 3.8) is 0 Å². The number of benzene rings is 1. The number of pyridine rings is 1. The molecule has 5 rings (SSSR count). The zero-order valence-electron chi connectivity index (χ0n) is 21.2. The van der Waals surface area contributed by atoms with Gasteiger partial charge in [0.15, 0.2) is 5.58 Å². The van der Waals surface area contributed by atoms with E-state index in [1.165, 1.54) is 17.2 Å². The molecular formula is C26H30F5N5O2. The van der Waals surface area contributed by atoms with Crippen LogP contribution in [0.5, 0.6) is 0 Å². The number of H-pyrrole nitrogens is 1. The molecule has 4 heterocycles. The molecule has 0 spiro atoms. The van der Waals surface area contributed by atoms with E-state index in [1.54, 1.807) is 26.0 Å². The maximum atomic E-state index is 15.7. The Bertz CT molecular complexity index is 1370. The lowest BCUT2D eigenvalue weighted by Crippen LogP contribution is -2.56. The largest absolute Gasteiger partial charge is 0.417 e. The molecule has 0 aliphatic carbocycles. The maximum absolute atomic E-state index is 15.7. The first kappa shape index (κ1) is 26.6. The van der Waals surface area contributed by atoms with Gasteiger partial charge in [0.1, 0.15) is 5.82 Å². The van der Waals surface area contributed by atoms with Gasteiger partial charge in [0.25, 0.3) is 0 Å². The molecule has 1 saturated heterocycles. The number of nitrogens with one attached hydrogen (secondary N) is 2. The summed E-state index contributed by atoms with van der Waals surface area (Å²) in [5.74, 6) is -1.40. The van der Waals surface area contributed by atoms with Crippen LogP contribution < -0.4 is 11.1 Å². The van der Waals surface area contributed by atoms with Gasteiger partial charge >= 0.3 is 11.9 Å². The quantitative estimate of drug-likeness (QED) is 0.401. The number of hydrogen-bond acceptors (Lipinski definition) is 6. The summed E-state index contributed by atoms with van der Waals surface area (Å²) in [5, 5.41) is 3.19. The smallest absolute Gasteiger partial charge is 0.408 e. The van der Waals surface area contributed by atoms with E-state index in [9.17, 15) is 22.4 Å². The number of likely N-dealkylation sites (tertiary alicyclic amines) is 1. The van der Waals surface area contributed by atoms with Crippen molar-refractivity contribution in [2.45, 2.75) is 56.9 Å². The molecule has 12 heteroatoms. The number of nitrogens with zero attached hydrogens (tertiary/aromatic N) is 3. The molecule has 3 aromatic rings. The zero-order chi connectivity index (χ0) is 27.2. The first-order valence-electron chi connectivity index (χ1n) is 12.7. The van der Waals surface area contributed by atoms with Gasteiger partial charge in [-0.1, -0.05) is 13.0 Å². The van der Waals surface area contributed by atoms with Crippen LogP contribution in [0.15, 0.2) is 33.6 Å². The highest BCUT2D eigenvalue weighted by atomic mass is 19.4. The molecule has 206 valence electrons. The zero-order valence-corrected chi connectivity index (χ0v) is 21.2. The van der Waals surface area contributed by atoms with E-state index in [0.717, 1.165) is 0 Å². The summed E-state index contributed by atoms with van der Waals surface area (Å²) in [4.78, 5) is 22.2. The second-order valence-electron chi connectivity index (χ2n) is 10.4. The van der Waals surface area contributed by atoms with Crippen molar-refractivity contribution in [3.8, 4) is 0 Å². The molecule has 38 heavy (non-hydrogen) atoms. The van der Waals surface area contributed by atoms with Gasteiger partial charge in [0, 0.05) is 36.8 Å². The Morgan fingerprint density at radius 1 is 1.29 bits per heavy atom. The number of aromatic amines is 1. The van der Waals surface area contributed by atoms with Gasteiger partial charge in [-0.15, -0.1) is 0 Å². The van der Waals surface area contributed by atoms with Crippen molar-refractivity contribution in [3.05, 3.63) is 57.6 Å². The van der Waals surface area contributed by atoms with E-state index in [4.69, 9.17) is 4.42 Å². The molecule has 1 aromatic carbocycles. The second-order valence-corrected chi connectivity index (χ2v) is 10.4. The van der Waals surface area contributed by atoms with E-state index >= 15 is 4.39 Å². The first-order chi connectivity index (χ1) is 18.0. The maximum Gasteiger partial charge on any atom is 0.417 e.